The quantitative estimate of drug-likeness (QED) is 0.794. The number of hydrogen-bond acceptors (Lipinski definition) is 3. The molecule has 0 unspecified atom stereocenters. The fourth-order valence-electron chi connectivity index (χ4n) is 1.28. The molecule has 72 valence electrons. The first-order valence-electron chi connectivity index (χ1n) is 4.03. The summed E-state index contributed by atoms with van der Waals surface area (Å²) in [5.74, 6) is -0.924. The van der Waals surface area contributed by atoms with Crippen molar-refractivity contribution in [2.75, 3.05) is 0 Å². The fourth-order valence-corrected chi connectivity index (χ4v) is 2.16. The van der Waals surface area contributed by atoms with Crippen molar-refractivity contribution in [3.8, 4) is 10.4 Å². The predicted octanol–water partition coefficient (Wildman–Crippen LogP) is 2.14. The van der Waals surface area contributed by atoms with Crippen LogP contribution in [0.15, 0.2) is 18.5 Å². The molecule has 2 heterocycles. The lowest BCUT2D eigenvalue weighted by Crippen LogP contribution is -1.98. The number of carboxylic acids is 1. The number of aromatic amines is 1. The molecule has 0 aliphatic heterocycles. The first-order valence-corrected chi connectivity index (χ1v) is 4.80. The molecule has 2 rings (SSSR count). The number of carboxylic acid groups (broad SMARTS) is 1. The smallest absolute Gasteiger partial charge is 0.339 e. The number of aromatic carboxylic acids is 1. The van der Waals surface area contributed by atoms with Gasteiger partial charge in [0.05, 0.1) is 10.6 Å². The van der Waals surface area contributed by atoms with Gasteiger partial charge in [0.15, 0.2) is 0 Å². The van der Waals surface area contributed by atoms with Crippen molar-refractivity contribution < 1.29 is 9.90 Å². The molecule has 2 N–H and O–H groups in total. The van der Waals surface area contributed by atoms with Crippen molar-refractivity contribution in [3.63, 3.8) is 0 Å². The second-order valence-electron chi connectivity index (χ2n) is 2.88. The maximum atomic E-state index is 11.0. The predicted molar refractivity (Wildman–Crippen MR) is 53.6 cm³/mol. The van der Waals surface area contributed by atoms with Crippen LogP contribution in [0.2, 0.25) is 0 Å². The lowest BCUT2D eigenvalue weighted by Gasteiger charge is -1.94. The highest BCUT2D eigenvalue weighted by molar-refractivity contribution is 7.10. The van der Waals surface area contributed by atoms with Gasteiger partial charge in [0.2, 0.25) is 0 Å². The molecular weight excluding hydrogens is 200 g/mol. The summed E-state index contributed by atoms with van der Waals surface area (Å²) in [6.45, 7) is 1.70. The number of nitrogens with zero attached hydrogens (tertiary/aromatic N) is 1. The molecule has 0 amide bonds. The van der Waals surface area contributed by atoms with Gasteiger partial charge in [-0.05, 0) is 24.5 Å². The lowest BCUT2D eigenvalue weighted by atomic mass is 10.1. The third-order valence-corrected chi connectivity index (χ3v) is 2.92. The van der Waals surface area contributed by atoms with Crippen molar-refractivity contribution >= 4 is 17.5 Å². The minimum Gasteiger partial charge on any atom is -0.478 e. The molecule has 0 atom stereocenters. The van der Waals surface area contributed by atoms with Gasteiger partial charge in [0.1, 0.15) is 5.56 Å². The first kappa shape index (κ1) is 8.96. The molecule has 2 aromatic heterocycles. The Labute approximate surface area is 84.4 Å². The number of carbonyl (C=O) groups is 1. The van der Waals surface area contributed by atoms with Crippen LogP contribution in [-0.4, -0.2) is 20.4 Å². The van der Waals surface area contributed by atoms with Crippen LogP contribution in [-0.2, 0) is 0 Å². The molecule has 4 nitrogen and oxygen atoms in total. The van der Waals surface area contributed by atoms with Crippen molar-refractivity contribution in [1.29, 1.82) is 0 Å². The summed E-state index contributed by atoms with van der Waals surface area (Å²) in [5, 5.41) is 8.99. The molecule has 0 radical (unpaired) electrons. The van der Waals surface area contributed by atoms with E-state index < -0.39 is 5.97 Å². The zero-order chi connectivity index (χ0) is 10.1. The molecule has 5 heteroatoms. The number of H-pyrrole nitrogens is 1. The molecule has 0 spiro atoms. The van der Waals surface area contributed by atoms with E-state index in [2.05, 4.69) is 9.36 Å². The standard InChI is InChI=1S/C9H8N2O2S/c1-5-7(9(12)13)8(14-11-5)6-2-3-10-4-6/h2-4,10H,1H3,(H,12,13). The van der Waals surface area contributed by atoms with Crippen LogP contribution >= 0.6 is 11.5 Å². The summed E-state index contributed by atoms with van der Waals surface area (Å²) >= 11 is 1.21. The van der Waals surface area contributed by atoms with Crippen LogP contribution in [0.4, 0.5) is 0 Å². The minimum atomic E-state index is -0.924. The zero-order valence-electron chi connectivity index (χ0n) is 7.44. The third-order valence-electron chi connectivity index (χ3n) is 1.94. The summed E-state index contributed by atoms with van der Waals surface area (Å²) in [6, 6.07) is 1.83. The van der Waals surface area contributed by atoms with E-state index in [4.69, 9.17) is 5.11 Å². The Morgan fingerprint density at radius 3 is 3.00 bits per heavy atom. The molecule has 0 aliphatic carbocycles. The molecule has 14 heavy (non-hydrogen) atoms. The molecule has 0 aromatic carbocycles. The SMILES string of the molecule is Cc1nsc(-c2cc[nH]c2)c1C(=O)O. The highest BCUT2D eigenvalue weighted by Gasteiger charge is 2.18. The summed E-state index contributed by atoms with van der Waals surface area (Å²) in [4.78, 5) is 14.5. The molecular formula is C9H8N2O2S. The maximum absolute atomic E-state index is 11.0. The Balaban J connectivity index is 2.60. The summed E-state index contributed by atoms with van der Waals surface area (Å²) in [6.07, 6.45) is 3.52. The second-order valence-corrected chi connectivity index (χ2v) is 3.65. The van der Waals surface area contributed by atoms with E-state index in [0.717, 1.165) is 5.56 Å². The average Bonchev–Trinajstić information content (AvgIpc) is 2.70. The molecule has 0 saturated carbocycles. The van der Waals surface area contributed by atoms with Gasteiger partial charge in [-0.1, -0.05) is 0 Å². The van der Waals surface area contributed by atoms with E-state index in [1.165, 1.54) is 11.5 Å². The lowest BCUT2D eigenvalue weighted by molar-refractivity contribution is 0.0697. The van der Waals surface area contributed by atoms with E-state index in [-0.39, 0.29) is 0 Å². The van der Waals surface area contributed by atoms with Crippen LogP contribution in [0.1, 0.15) is 16.1 Å². The Morgan fingerprint density at radius 1 is 1.64 bits per heavy atom. The van der Waals surface area contributed by atoms with Crippen molar-refractivity contribution in [2.45, 2.75) is 6.92 Å². The van der Waals surface area contributed by atoms with Gasteiger partial charge < -0.3 is 10.1 Å². The number of aromatic nitrogens is 2. The van der Waals surface area contributed by atoms with Gasteiger partial charge in [0, 0.05) is 18.0 Å². The van der Waals surface area contributed by atoms with Gasteiger partial charge in [-0.15, -0.1) is 0 Å². The van der Waals surface area contributed by atoms with Crippen LogP contribution in [0.3, 0.4) is 0 Å². The van der Waals surface area contributed by atoms with Gasteiger partial charge in [-0.25, -0.2) is 4.79 Å². The largest absolute Gasteiger partial charge is 0.478 e. The fraction of sp³-hybridized carbons (Fsp3) is 0.111. The number of rotatable bonds is 2. The molecule has 0 saturated heterocycles. The van der Waals surface area contributed by atoms with Crippen molar-refractivity contribution in [1.82, 2.24) is 9.36 Å². The Hall–Kier alpha value is -1.62. The van der Waals surface area contributed by atoms with Gasteiger partial charge in [-0.3, -0.25) is 0 Å². The minimum absolute atomic E-state index is 0.301. The van der Waals surface area contributed by atoms with E-state index in [1.807, 2.05) is 6.07 Å². The summed E-state index contributed by atoms with van der Waals surface area (Å²) < 4.78 is 4.04. The van der Waals surface area contributed by atoms with Crippen LogP contribution in [0.25, 0.3) is 10.4 Å². The Morgan fingerprint density at radius 2 is 2.43 bits per heavy atom. The van der Waals surface area contributed by atoms with Crippen LogP contribution in [0.5, 0.6) is 0 Å². The highest BCUT2D eigenvalue weighted by atomic mass is 32.1. The second kappa shape index (κ2) is 3.26. The van der Waals surface area contributed by atoms with Gasteiger partial charge in [0.25, 0.3) is 0 Å². The molecule has 2 aromatic rings. The number of aryl methyl sites for hydroxylation is 1. The number of nitrogens with one attached hydrogen (secondary N) is 1. The van der Waals surface area contributed by atoms with Crippen LogP contribution < -0.4 is 0 Å². The molecule has 0 fully saturated rings. The monoisotopic (exact) mass is 208 g/mol. The van der Waals surface area contributed by atoms with E-state index in [9.17, 15) is 4.79 Å². The van der Waals surface area contributed by atoms with E-state index in [1.54, 1.807) is 19.3 Å². The van der Waals surface area contributed by atoms with Gasteiger partial charge >= 0.3 is 5.97 Å². The molecule has 0 bridgehead atoms. The Kier molecular flexibility index (Phi) is 2.09. The maximum Gasteiger partial charge on any atom is 0.339 e. The van der Waals surface area contributed by atoms with Crippen molar-refractivity contribution in [3.05, 3.63) is 29.7 Å². The normalized spacial score (nSPS) is 10.4. The Bertz CT molecular complexity index is 459. The molecule has 0 aliphatic rings. The van der Waals surface area contributed by atoms with E-state index >= 15 is 0 Å². The first-order chi connectivity index (χ1) is 6.70. The average molecular weight is 208 g/mol. The zero-order valence-corrected chi connectivity index (χ0v) is 8.26. The topological polar surface area (TPSA) is 66.0 Å². The van der Waals surface area contributed by atoms with E-state index in [0.29, 0.717) is 16.1 Å². The summed E-state index contributed by atoms with van der Waals surface area (Å²) in [5.41, 5.74) is 1.74. The third kappa shape index (κ3) is 1.31. The van der Waals surface area contributed by atoms with Crippen LogP contribution in [0, 0.1) is 6.92 Å². The summed E-state index contributed by atoms with van der Waals surface area (Å²) in [7, 11) is 0. The highest BCUT2D eigenvalue weighted by Crippen LogP contribution is 2.29. The number of hydrogen-bond donors (Lipinski definition) is 2. The van der Waals surface area contributed by atoms with Crippen molar-refractivity contribution in [2.24, 2.45) is 0 Å². The van der Waals surface area contributed by atoms with Gasteiger partial charge in [-0.2, -0.15) is 4.37 Å².